The molecule has 0 unspecified atom stereocenters. The Labute approximate surface area is 143 Å². The molecule has 1 aromatic heterocycles. The van der Waals surface area contributed by atoms with E-state index in [9.17, 15) is 5.11 Å². The van der Waals surface area contributed by atoms with E-state index in [0.717, 1.165) is 17.0 Å². The van der Waals surface area contributed by atoms with Gasteiger partial charge in [-0.2, -0.15) is 0 Å². The van der Waals surface area contributed by atoms with Crippen LogP contribution in [0.5, 0.6) is 0 Å². The molecule has 2 aromatic rings. The van der Waals surface area contributed by atoms with Crippen LogP contribution in [0.3, 0.4) is 0 Å². The van der Waals surface area contributed by atoms with Gasteiger partial charge >= 0.3 is 0 Å². The molecule has 0 bridgehead atoms. The minimum absolute atomic E-state index is 0.349. The molecule has 2 aliphatic carbocycles. The number of benzene rings is 1. The van der Waals surface area contributed by atoms with Gasteiger partial charge in [-0.25, -0.2) is 4.98 Å². The van der Waals surface area contributed by atoms with Crippen molar-refractivity contribution in [3.05, 3.63) is 40.8 Å². The quantitative estimate of drug-likeness (QED) is 0.774. The molecule has 0 saturated carbocycles. The van der Waals surface area contributed by atoms with Gasteiger partial charge in [-0.05, 0) is 61.6 Å². The Morgan fingerprint density at radius 3 is 2.71 bits per heavy atom. The number of hydrogen-bond acceptors (Lipinski definition) is 3. The number of aromatic nitrogens is 1. The maximum absolute atomic E-state index is 10.1. The van der Waals surface area contributed by atoms with Crippen molar-refractivity contribution >= 4 is 11.1 Å². The second kappa shape index (κ2) is 5.19. The highest BCUT2D eigenvalue weighted by molar-refractivity contribution is 5.82. The minimum atomic E-state index is -0.775. The van der Waals surface area contributed by atoms with Crippen molar-refractivity contribution in [3.8, 4) is 0 Å². The molecule has 4 atom stereocenters. The van der Waals surface area contributed by atoms with Crippen LogP contribution >= 0.6 is 0 Å². The molecule has 4 rings (SSSR count). The lowest BCUT2D eigenvalue weighted by Crippen LogP contribution is -2.16. The Morgan fingerprint density at radius 2 is 2.00 bits per heavy atom. The van der Waals surface area contributed by atoms with Crippen molar-refractivity contribution in [3.63, 3.8) is 0 Å². The molecular weight excluding hydrogens is 298 g/mol. The first kappa shape index (κ1) is 15.9. The van der Waals surface area contributed by atoms with Crippen LogP contribution in [0.1, 0.15) is 80.9 Å². The van der Waals surface area contributed by atoms with E-state index in [1.54, 1.807) is 0 Å². The average Bonchev–Trinajstić information content (AvgIpc) is 2.97. The van der Waals surface area contributed by atoms with Gasteiger partial charge < -0.3 is 9.52 Å². The molecule has 24 heavy (non-hydrogen) atoms. The largest absolute Gasteiger partial charge is 0.441 e. The number of aliphatic hydroxyl groups is 1. The third-order valence-corrected chi connectivity index (χ3v) is 5.94. The molecule has 0 aliphatic heterocycles. The molecular formula is C21H27NO2. The highest BCUT2D eigenvalue weighted by Gasteiger charge is 2.43. The van der Waals surface area contributed by atoms with Gasteiger partial charge in [0.2, 0.25) is 0 Å². The summed E-state index contributed by atoms with van der Waals surface area (Å²) in [5.74, 6) is 2.77. The van der Waals surface area contributed by atoms with Gasteiger partial charge in [0.1, 0.15) is 5.52 Å². The van der Waals surface area contributed by atoms with E-state index >= 15 is 0 Å². The van der Waals surface area contributed by atoms with Gasteiger partial charge in [0.25, 0.3) is 0 Å². The maximum atomic E-state index is 10.1. The van der Waals surface area contributed by atoms with Crippen molar-refractivity contribution in [1.29, 1.82) is 0 Å². The topological polar surface area (TPSA) is 46.3 Å². The lowest BCUT2D eigenvalue weighted by atomic mass is 9.75. The van der Waals surface area contributed by atoms with Crippen molar-refractivity contribution in [2.24, 2.45) is 5.92 Å². The van der Waals surface area contributed by atoms with Crippen LogP contribution in [0, 0.1) is 12.8 Å². The Hall–Kier alpha value is -1.61. The third kappa shape index (κ3) is 2.33. The zero-order valence-electron chi connectivity index (χ0n) is 15.3. The van der Waals surface area contributed by atoms with E-state index in [4.69, 9.17) is 4.42 Å². The number of allylic oxidation sites excluding steroid dienone is 1. The Morgan fingerprint density at radius 1 is 1.25 bits per heavy atom. The fourth-order valence-corrected chi connectivity index (χ4v) is 4.81. The van der Waals surface area contributed by atoms with Gasteiger partial charge in [-0.15, -0.1) is 0 Å². The van der Waals surface area contributed by atoms with Crippen LogP contribution in [0.15, 0.2) is 22.6 Å². The van der Waals surface area contributed by atoms with Crippen LogP contribution in [-0.4, -0.2) is 15.7 Å². The summed E-state index contributed by atoms with van der Waals surface area (Å²) < 4.78 is 5.98. The van der Waals surface area contributed by atoms with Gasteiger partial charge in [0.15, 0.2) is 11.5 Å². The number of fused-ring (bicyclic) bond motifs is 2. The average molecular weight is 325 g/mol. The summed E-state index contributed by atoms with van der Waals surface area (Å²) in [5.41, 5.74) is 5.52. The zero-order valence-corrected chi connectivity index (χ0v) is 15.3. The van der Waals surface area contributed by atoms with E-state index in [-0.39, 0.29) is 0 Å². The summed E-state index contributed by atoms with van der Waals surface area (Å²) in [4.78, 5) is 4.61. The standard InChI is InChI=1S/C21H27NO2/c1-11-6-7-15-12(2)14(8-9-21(4,5)23)16-10-17-20(18(11)19(15)16)24-13(3)22-17/h8-12,14-15,23H,6-7H2,1-5H3/b9-8+/t11-,12-,14-,15+/m0/s1. The Kier molecular flexibility index (Phi) is 3.44. The Bertz CT molecular complexity index is 824. The second-order valence-electron chi connectivity index (χ2n) is 8.36. The lowest BCUT2D eigenvalue weighted by Gasteiger charge is -2.29. The molecule has 0 radical (unpaired) electrons. The predicted molar refractivity (Wildman–Crippen MR) is 96.5 cm³/mol. The van der Waals surface area contributed by atoms with Crippen LogP contribution in [0.4, 0.5) is 0 Å². The molecule has 1 heterocycles. The SMILES string of the molecule is Cc1nc2cc3c4c(c2o1)[C@@H](C)CC[C@@H]4[C@@H](C)[C@@H]3/C=C/C(C)(C)O. The van der Waals surface area contributed by atoms with Crippen LogP contribution in [0.25, 0.3) is 11.1 Å². The van der Waals surface area contributed by atoms with Gasteiger partial charge in [-0.1, -0.05) is 26.0 Å². The van der Waals surface area contributed by atoms with Crippen molar-refractivity contribution in [2.45, 2.75) is 70.8 Å². The number of aryl methyl sites for hydroxylation is 1. The van der Waals surface area contributed by atoms with E-state index in [1.165, 1.54) is 29.5 Å². The summed E-state index contributed by atoms with van der Waals surface area (Å²) in [5, 5.41) is 10.1. The number of nitrogens with zero attached hydrogens (tertiary/aromatic N) is 1. The van der Waals surface area contributed by atoms with E-state index < -0.39 is 5.60 Å². The first-order valence-corrected chi connectivity index (χ1v) is 9.12. The zero-order chi connectivity index (χ0) is 17.2. The normalized spacial score (nSPS) is 29.6. The van der Waals surface area contributed by atoms with Crippen LogP contribution < -0.4 is 0 Å². The predicted octanol–water partition coefficient (Wildman–Crippen LogP) is 5.18. The van der Waals surface area contributed by atoms with Crippen LogP contribution in [0.2, 0.25) is 0 Å². The minimum Gasteiger partial charge on any atom is -0.441 e. The summed E-state index contributed by atoms with van der Waals surface area (Å²) in [7, 11) is 0. The van der Waals surface area contributed by atoms with Gasteiger partial charge in [0, 0.05) is 18.4 Å². The summed E-state index contributed by atoms with van der Waals surface area (Å²) >= 11 is 0. The van der Waals surface area contributed by atoms with E-state index in [0.29, 0.717) is 23.7 Å². The monoisotopic (exact) mass is 325 g/mol. The number of oxazole rings is 1. The molecule has 1 aromatic carbocycles. The van der Waals surface area contributed by atoms with Crippen molar-refractivity contribution in [2.75, 3.05) is 0 Å². The van der Waals surface area contributed by atoms with Crippen molar-refractivity contribution < 1.29 is 9.52 Å². The fourth-order valence-electron chi connectivity index (χ4n) is 4.81. The van der Waals surface area contributed by atoms with Crippen LogP contribution in [-0.2, 0) is 0 Å². The molecule has 2 aliphatic rings. The van der Waals surface area contributed by atoms with Gasteiger partial charge in [-0.3, -0.25) is 0 Å². The second-order valence-corrected chi connectivity index (χ2v) is 8.36. The first-order chi connectivity index (χ1) is 11.3. The first-order valence-electron chi connectivity index (χ1n) is 9.12. The smallest absolute Gasteiger partial charge is 0.192 e. The number of rotatable bonds is 2. The highest BCUT2D eigenvalue weighted by atomic mass is 16.3. The van der Waals surface area contributed by atoms with Crippen molar-refractivity contribution in [1.82, 2.24) is 4.98 Å². The summed E-state index contributed by atoms with van der Waals surface area (Å²) in [6.07, 6.45) is 6.61. The molecule has 128 valence electrons. The molecule has 3 heteroatoms. The lowest BCUT2D eigenvalue weighted by molar-refractivity contribution is 0.132. The maximum Gasteiger partial charge on any atom is 0.192 e. The number of hydrogen-bond donors (Lipinski definition) is 1. The molecule has 1 N–H and O–H groups in total. The Balaban J connectivity index is 1.94. The van der Waals surface area contributed by atoms with E-state index in [2.05, 4.69) is 31.0 Å². The molecule has 0 fully saturated rings. The fraction of sp³-hybridized carbons (Fsp3) is 0.571. The molecule has 3 nitrogen and oxygen atoms in total. The highest BCUT2D eigenvalue weighted by Crippen LogP contribution is 2.56. The summed E-state index contributed by atoms with van der Waals surface area (Å²) in [6, 6.07) is 2.23. The van der Waals surface area contributed by atoms with Gasteiger partial charge in [0.05, 0.1) is 5.60 Å². The molecule has 0 amide bonds. The molecule has 0 saturated heterocycles. The summed E-state index contributed by atoms with van der Waals surface area (Å²) in [6.45, 7) is 10.3. The molecule has 0 spiro atoms. The van der Waals surface area contributed by atoms with E-state index in [1.807, 2.05) is 26.8 Å². The third-order valence-electron chi connectivity index (χ3n) is 5.94.